The van der Waals surface area contributed by atoms with Gasteiger partial charge in [0.2, 0.25) is 0 Å². The molecule has 1 aromatic rings. The van der Waals surface area contributed by atoms with Gasteiger partial charge in [0.15, 0.2) is 0 Å². The summed E-state index contributed by atoms with van der Waals surface area (Å²) in [4.78, 5) is 18.4. The summed E-state index contributed by atoms with van der Waals surface area (Å²) < 4.78 is 0.807. The summed E-state index contributed by atoms with van der Waals surface area (Å²) in [7, 11) is 3.60. The Balaban J connectivity index is 2.98. The molecule has 1 unspecified atom stereocenters. The van der Waals surface area contributed by atoms with Crippen LogP contribution in [0, 0.1) is 0 Å². The first-order chi connectivity index (χ1) is 8.51. The third-order valence-electron chi connectivity index (χ3n) is 3.01. The fraction of sp³-hybridized carbons (Fsp3) is 0.538. The van der Waals surface area contributed by atoms with E-state index in [0.29, 0.717) is 11.4 Å². The first-order valence-corrected chi connectivity index (χ1v) is 6.91. The molecule has 0 aromatic carbocycles. The third kappa shape index (κ3) is 3.45. The summed E-state index contributed by atoms with van der Waals surface area (Å²) in [5, 5.41) is 2.95. The molecule has 0 aliphatic heterocycles. The third-order valence-corrected chi connectivity index (χ3v) is 3.44. The Morgan fingerprint density at radius 2 is 2.28 bits per heavy atom. The van der Waals surface area contributed by atoms with E-state index in [1.807, 2.05) is 7.05 Å². The van der Waals surface area contributed by atoms with Gasteiger partial charge in [-0.1, -0.05) is 13.3 Å². The molecule has 1 atom stereocenters. The molecule has 0 aliphatic rings. The molecular weight excluding hydrogens is 294 g/mol. The topological polar surface area (TPSA) is 45.2 Å². The minimum Gasteiger partial charge on any atom is -0.372 e. The number of carbonyl (C=O) groups is 1. The van der Waals surface area contributed by atoms with Crippen LogP contribution in [0.5, 0.6) is 0 Å². The number of pyridine rings is 1. The monoisotopic (exact) mass is 313 g/mol. The van der Waals surface area contributed by atoms with Gasteiger partial charge in [0.1, 0.15) is 5.82 Å². The fourth-order valence-corrected chi connectivity index (χ4v) is 2.13. The van der Waals surface area contributed by atoms with Crippen molar-refractivity contribution >= 4 is 27.7 Å². The first-order valence-electron chi connectivity index (χ1n) is 6.11. The molecule has 0 fully saturated rings. The van der Waals surface area contributed by atoms with Crippen LogP contribution in [0.4, 0.5) is 5.82 Å². The Hall–Kier alpha value is -1.10. The maximum absolute atomic E-state index is 12.4. The lowest BCUT2D eigenvalue weighted by Crippen LogP contribution is -2.35. The van der Waals surface area contributed by atoms with Gasteiger partial charge in [-0.2, -0.15) is 0 Å². The number of aromatic nitrogens is 1. The van der Waals surface area contributed by atoms with Gasteiger partial charge in [0.25, 0.3) is 5.91 Å². The quantitative estimate of drug-likeness (QED) is 0.908. The Bertz CT molecular complexity index is 423. The second-order valence-electron chi connectivity index (χ2n) is 4.35. The van der Waals surface area contributed by atoms with E-state index in [1.165, 1.54) is 0 Å². The van der Waals surface area contributed by atoms with Gasteiger partial charge >= 0.3 is 0 Å². The molecule has 0 spiro atoms. The summed E-state index contributed by atoms with van der Waals surface area (Å²) in [5.41, 5.74) is 0.595. The van der Waals surface area contributed by atoms with Crippen LogP contribution in [-0.4, -0.2) is 35.9 Å². The molecule has 0 radical (unpaired) electrons. The highest BCUT2D eigenvalue weighted by Gasteiger charge is 2.20. The Kier molecular flexibility index (Phi) is 5.59. The molecule has 1 amide bonds. The van der Waals surface area contributed by atoms with Gasteiger partial charge in [0.05, 0.1) is 5.56 Å². The summed E-state index contributed by atoms with van der Waals surface area (Å²) in [5.74, 6) is 0.604. The average Bonchev–Trinajstić information content (AvgIpc) is 2.37. The fourth-order valence-electron chi connectivity index (χ4n) is 1.80. The molecule has 1 heterocycles. The molecule has 1 aromatic heterocycles. The van der Waals surface area contributed by atoms with E-state index in [2.05, 4.69) is 40.1 Å². The van der Waals surface area contributed by atoms with Crippen molar-refractivity contribution in [1.82, 2.24) is 9.88 Å². The Labute approximate surface area is 117 Å². The van der Waals surface area contributed by atoms with Crippen LogP contribution in [0.3, 0.4) is 0 Å². The number of halogens is 1. The Morgan fingerprint density at radius 1 is 1.61 bits per heavy atom. The minimum atomic E-state index is -0.00546. The largest absolute Gasteiger partial charge is 0.372 e. The van der Waals surface area contributed by atoms with Crippen LogP contribution >= 0.6 is 15.9 Å². The highest BCUT2D eigenvalue weighted by Crippen LogP contribution is 2.20. The summed E-state index contributed by atoms with van der Waals surface area (Å²) in [6.45, 7) is 4.18. The normalized spacial score (nSPS) is 12.1. The number of hydrogen-bond donors (Lipinski definition) is 1. The number of anilines is 1. The van der Waals surface area contributed by atoms with E-state index in [9.17, 15) is 4.79 Å². The molecule has 4 nitrogen and oxygen atoms in total. The van der Waals surface area contributed by atoms with E-state index in [0.717, 1.165) is 17.3 Å². The van der Waals surface area contributed by atoms with E-state index in [1.54, 1.807) is 24.2 Å². The van der Waals surface area contributed by atoms with Crippen molar-refractivity contribution in [3.8, 4) is 0 Å². The van der Waals surface area contributed by atoms with Crippen LogP contribution in [0.25, 0.3) is 0 Å². The highest BCUT2D eigenvalue weighted by atomic mass is 79.9. The van der Waals surface area contributed by atoms with Gasteiger partial charge < -0.3 is 10.2 Å². The molecule has 0 saturated heterocycles. The zero-order chi connectivity index (χ0) is 13.7. The predicted molar refractivity (Wildman–Crippen MR) is 77.9 cm³/mol. The molecular formula is C13H20BrN3O. The van der Waals surface area contributed by atoms with Crippen LogP contribution in [0.1, 0.15) is 37.0 Å². The SMILES string of the molecule is CCCC(C)N(C)C(=O)c1cc(Br)cnc1NC. The van der Waals surface area contributed by atoms with Crippen molar-refractivity contribution in [3.63, 3.8) is 0 Å². The molecule has 1 rings (SSSR count). The zero-order valence-corrected chi connectivity index (χ0v) is 12.9. The zero-order valence-electron chi connectivity index (χ0n) is 11.3. The van der Waals surface area contributed by atoms with Gasteiger partial charge in [-0.3, -0.25) is 4.79 Å². The summed E-state index contributed by atoms with van der Waals surface area (Å²) in [6.07, 6.45) is 3.74. The van der Waals surface area contributed by atoms with Crippen molar-refractivity contribution in [2.75, 3.05) is 19.4 Å². The maximum atomic E-state index is 12.4. The van der Waals surface area contributed by atoms with Gasteiger partial charge in [-0.05, 0) is 35.3 Å². The van der Waals surface area contributed by atoms with E-state index < -0.39 is 0 Å². The van der Waals surface area contributed by atoms with Crippen LogP contribution < -0.4 is 5.32 Å². The maximum Gasteiger partial charge on any atom is 0.257 e. The van der Waals surface area contributed by atoms with Gasteiger partial charge in [0, 0.05) is 30.8 Å². The second-order valence-corrected chi connectivity index (χ2v) is 5.27. The lowest BCUT2D eigenvalue weighted by molar-refractivity contribution is 0.0737. The van der Waals surface area contributed by atoms with Gasteiger partial charge in [-0.15, -0.1) is 0 Å². The standard InChI is InChI=1S/C13H20BrN3O/c1-5-6-9(2)17(4)13(18)11-7-10(14)8-16-12(11)15-3/h7-9H,5-6H2,1-4H3,(H,15,16). The predicted octanol–water partition coefficient (Wildman–Crippen LogP) is 3.15. The van der Waals surface area contributed by atoms with Gasteiger partial charge in [-0.25, -0.2) is 4.98 Å². The van der Waals surface area contributed by atoms with E-state index >= 15 is 0 Å². The van der Waals surface area contributed by atoms with Crippen LogP contribution in [-0.2, 0) is 0 Å². The van der Waals surface area contributed by atoms with Crippen molar-refractivity contribution in [3.05, 3.63) is 22.3 Å². The molecule has 18 heavy (non-hydrogen) atoms. The smallest absolute Gasteiger partial charge is 0.257 e. The number of nitrogens with zero attached hydrogens (tertiary/aromatic N) is 2. The summed E-state index contributed by atoms with van der Waals surface area (Å²) >= 11 is 3.35. The number of carbonyl (C=O) groups excluding carboxylic acids is 1. The molecule has 0 saturated carbocycles. The lowest BCUT2D eigenvalue weighted by atomic mass is 10.1. The van der Waals surface area contributed by atoms with Crippen molar-refractivity contribution < 1.29 is 4.79 Å². The lowest BCUT2D eigenvalue weighted by Gasteiger charge is -2.25. The molecule has 5 heteroatoms. The molecule has 0 bridgehead atoms. The number of nitrogens with one attached hydrogen (secondary N) is 1. The van der Waals surface area contributed by atoms with E-state index in [4.69, 9.17) is 0 Å². The van der Waals surface area contributed by atoms with E-state index in [-0.39, 0.29) is 11.9 Å². The number of hydrogen-bond acceptors (Lipinski definition) is 3. The molecule has 0 aliphatic carbocycles. The molecule has 100 valence electrons. The minimum absolute atomic E-state index is 0.00546. The number of rotatable bonds is 5. The van der Waals surface area contributed by atoms with Crippen LogP contribution in [0.2, 0.25) is 0 Å². The highest BCUT2D eigenvalue weighted by molar-refractivity contribution is 9.10. The van der Waals surface area contributed by atoms with Crippen molar-refractivity contribution in [1.29, 1.82) is 0 Å². The summed E-state index contributed by atoms with van der Waals surface area (Å²) in [6, 6.07) is 2.03. The second kappa shape index (κ2) is 6.73. The Morgan fingerprint density at radius 3 is 2.83 bits per heavy atom. The van der Waals surface area contributed by atoms with Crippen LogP contribution in [0.15, 0.2) is 16.7 Å². The average molecular weight is 314 g/mol. The van der Waals surface area contributed by atoms with Crippen molar-refractivity contribution in [2.45, 2.75) is 32.7 Å². The molecule has 1 N–H and O–H groups in total. The number of amides is 1. The first kappa shape index (κ1) is 15.0. The van der Waals surface area contributed by atoms with Crippen molar-refractivity contribution in [2.24, 2.45) is 0 Å².